The zero-order chi connectivity index (χ0) is 8.81. The summed E-state index contributed by atoms with van der Waals surface area (Å²) in [5.41, 5.74) is 0. The number of allylic oxidation sites excluding steroid dienone is 2. The standard InChI is InChI=1S/C9H14O3/c1-2-3-4-5-9(10)12-7-8-6-11-8/h2-3,8H,4-7H2,1H3. The zero-order valence-corrected chi connectivity index (χ0v) is 7.29. The second-order valence-corrected chi connectivity index (χ2v) is 2.75. The van der Waals surface area contributed by atoms with Gasteiger partial charge in [0.25, 0.3) is 0 Å². The van der Waals surface area contributed by atoms with Gasteiger partial charge in [0.15, 0.2) is 0 Å². The van der Waals surface area contributed by atoms with Crippen LogP contribution in [-0.2, 0) is 14.3 Å². The van der Waals surface area contributed by atoms with Crippen LogP contribution in [0.3, 0.4) is 0 Å². The Hall–Kier alpha value is -0.830. The molecule has 1 aliphatic rings. The van der Waals surface area contributed by atoms with E-state index >= 15 is 0 Å². The highest BCUT2D eigenvalue weighted by atomic mass is 16.6. The zero-order valence-electron chi connectivity index (χ0n) is 7.29. The third-order valence-corrected chi connectivity index (χ3v) is 1.58. The molecule has 1 saturated heterocycles. The molecule has 0 bridgehead atoms. The SMILES string of the molecule is CC=CCCC(=O)OCC1CO1. The molecule has 1 atom stereocenters. The lowest BCUT2D eigenvalue weighted by atomic mass is 10.3. The van der Waals surface area contributed by atoms with E-state index in [0.717, 1.165) is 13.0 Å². The molecular formula is C9H14O3. The summed E-state index contributed by atoms with van der Waals surface area (Å²) in [5, 5.41) is 0. The Morgan fingerprint density at radius 1 is 1.75 bits per heavy atom. The molecule has 1 unspecified atom stereocenters. The van der Waals surface area contributed by atoms with Crippen LogP contribution in [-0.4, -0.2) is 25.3 Å². The molecule has 0 aliphatic carbocycles. The molecule has 0 spiro atoms. The maximum atomic E-state index is 10.9. The van der Waals surface area contributed by atoms with Crippen LogP contribution in [0.15, 0.2) is 12.2 Å². The van der Waals surface area contributed by atoms with E-state index in [2.05, 4.69) is 0 Å². The molecule has 1 aliphatic heterocycles. The fourth-order valence-electron chi connectivity index (χ4n) is 0.790. The second kappa shape index (κ2) is 4.93. The average Bonchev–Trinajstić information content (AvgIpc) is 2.84. The van der Waals surface area contributed by atoms with Crippen LogP contribution in [0.25, 0.3) is 0 Å². The molecule has 0 amide bonds. The van der Waals surface area contributed by atoms with E-state index < -0.39 is 0 Å². The molecule has 1 rings (SSSR count). The Morgan fingerprint density at radius 2 is 2.50 bits per heavy atom. The molecule has 1 heterocycles. The van der Waals surface area contributed by atoms with E-state index in [1.54, 1.807) is 0 Å². The second-order valence-electron chi connectivity index (χ2n) is 2.75. The lowest BCUT2D eigenvalue weighted by molar-refractivity contribution is -0.144. The highest BCUT2D eigenvalue weighted by Gasteiger charge is 2.23. The lowest BCUT2D eigenvalue weighted by Crippen LogP contribution is -2.08. The third kappa shape index (κ3) is 4.13. The summed E-state index contributed by atoms with van der Waals surface area (Å²) in [4.78, 5) is 10.9. The van der Waals surface area contributed by atoms with Gasteiger partial charge in [0.05, 0.1) is 6.61 Å². The van der Waals surface area contributed by atoms with Crippen molar-refractivity contribution in [3.05, 3.63) is 12.2 Å². The molecule has 1 fully saturated rings. The van der Waals surface area contributed by atoms with Crippen molar-refractivity contribution in [3.8, 4) is 0 Å². The summed E-state index contributed by atoms with van der Waals surface area (Å²) in [6.07, 6.45) is 5.29. The van der Waals surface area contributed by atoms with Gasteiger partial charge in [-0.1, -0.05) is 12.2 Å². The molecule has 68 valence electrons. The topological polar surface area (TPSA) is 38.8 Å². The number of rotatable bonds is 5. The number of hydrogen-bond acceptors (Lipinski definition) is 3. The van der Waals surface area contributed by atoms with Crippen LogP contribution in [0.5, 0.6) is 0 Å². The van der Waals surface area contributed by atoms with Gasteiger partial charge in [-0.15, -0.1) is 0 Å². The minimum absolute atomic E-state index is 0.136. The van der Waals surface area contributed by atoms with Crippen molar-refractivity contribution in [1.29, 1.82) is 0 Å². The van der Waals surface area contributed by atoms with Gasteiger partial charge in [0, 0.05) is 6.42 Å². The highest BCUT2D eigenvalue weighted by molar-refractivity contribution is 5.69. The van der Waals surface area contributed by atoms with Crippen LogP contribution in [0.2, 0.25) is 0 Å². The van der Waals surface area contributed by atoms with Gasteiger partial charge in [-0.25, -0.2) is 0 Å². The van der Waals surface area contributed by atoms with E-state index in [1.807, 2.05) is 19.1 Å². The molecular weight excluding hydrogens is 156 g/mol. The smallest absolute Gasteiger partial charge is 0.306 e. The van der Waals surface area contributed by atoms with Gasteiger partial charge in [-0.3, -0.25) is 4.79 Å². The number of ether oxygens (including phenoxy) is 2. The van der Waals surface area contributed by atoms with Crippen LogP contribution >= 0.6 is 0 Å². The van der Waals surface area contributed by atoms with Gasteiger partial charge in [0.1, 0.15) is 12.7 Å². The Bertz CT molecular complexity index is 171. The maximum Gasteiger partial charge on any atom is 0.306 e. The Morgan fingerprint density at radius 3 is 3.08 bits per heavy atom. The van der Waals surface area contributed by atoms with Gasteiger partial charge in [-0.2, -0.15) is 0 Å². The normalized spacial score (nSPS) is 21.2. The molecule has 0 N–H and O–H groups in total. The molecule has 0 saturated carbocycles. The van der Waals surface area contributed by atoms with Crippen molar-refractivity contribution in [2.45, 2.75) is 25.9 Å². The van der Waals surface area contributed by atoms with E-state index in [4.69, 9.17) is 9.47 Å². The summed E-state index contributed by atoms with van der Waals surface area (Å²) in [6.45, 7) is 3.10. The first-order valence-electron chi connectivity index (χ1n) is 4.21. The first-order chi connectivity index (χ1) is 5.83. The largest absolute Gasteiger partial charge is 0.463 e. The van der Waals surface area contributed by atoms with Crippen LogP contribution in [0, 0.1) is 0 Å². The van der Waals surface area contributed by atoms with Crippen molar-refractivity contribution in [2.75, 3.05) is 13.2 Å². The first kappa shape index (κ1) is 9.26. The van der Waals surface area contributed by atoms with Crippen molar-refractivity contribution in [3.63, 3.8) is 0 Å². The van der Waals surface area contributed by atoms with Gasteiger partial charge < -0.3 is 9.47 Å². The van der Waals surface area contributed by atoms with E-state index in [0.29, 0.717) is 13.0 Å². The van der Waals surface area contributed by atoms with E-state index in [-0.39, 0.29) is 12.1 Å². The lowest BCUT2D eigenvalue weighted by Gasteiger charge is -1.99. The number of esters is 1. The van der Waals surface area contributed by atoms with Crippen LogP contribution < -0.4 is 0 Å². The Balaban J connectivity index is 1.94. The third-order valence-electron chi connectivity index (χ3n) is 1.58. The molecule has 0 aromatic heterocycles. The summed E-state index contributed by atoms with van der Waals surface area (Å²) >= 11 is 0. The highest BCUT2D eigenvalue weighted by Crippen LogP contribution is 2.09. The predicted molar refractivity (Wildman–Crippen MR) is 44.7 cm³/mol. The minimum Gasteiger partial charge on any atom is -0.463 e. The minimum atomic E-state index is -0.136. The van der Waals surface area contributed by atoms with Gasteiger partial charge in [-0.05, 0) is 13.3 Å². The predicted octanol–water partition coefficient (Wildman–Crippen LogP) is 1.28. The van der Waals surface area contributed by atoms with Gasteiger partial charge in [0.2, 0.25) is 0 Å². The summed E-state index contributed by atoms with van der Waals surface area (Å²) in [5.74, 6) is -0.136. The fourth-order valence-corrected chi connectivity index (χ4v) is 0.790. The Labute approximate surface area is 72.4 Å². The van der Waals surface area contributed by atoms with Crippen LogP contribution in [0.1, 0.15) is 19.8 Å². The van der Waals surface area contributed by atoms with Crippen molar-refractivity contribution >= 4 is 5.97 Å². The summed E-state index contributed by atoms with van der Waals surface area (Å²) in [6, 6.07) is 0. The van der Waals surface area contributed by atoms with Crippen molar-refractivity contribution in [2.24, 2.45) is 0 Å². The van der Waals surface area contributed by atoms with E-state index in [1.165, 1.54) is 0 Å². The van der Waals surface area contributed by atoms with Gasteiger partial charge >= 0.3 is 5.97 Å². The number of carbonyl (C=O) groups excluding carboxylic acids is 1. The number of epoxide rings is 1. The maximum absolute atomic E-state index is 10.9. The average molecular weight is 170 g/mol. The molecule has 12 heavy (non-hydrogen) atoms. The summed E-state index contributed by atoms with van der Waals surface area (Å²) in [7, 11) is 0. The molecule has 0 radical (unpaired) electrons. The number of hydrogen-bond donors (Lipinski definition) is 0. The Kier molecular flexibility index (Phi) is 3.80. The van der Waals surface area contributed by atoms with Crippen molar-refractivity contribution < 1.29 is 14.3 Å². The number of carbonyl (C=O) groups is 1. The fraction of sp³-hybridized carbons (Fsp3) is 0.667. The first-order valence-corrected chi connectivity index (χ1v) is 4.21. The monoisotopic (exact) mass is 170 g/mol. The van der Waals surface area contributed by atoms with Crippen molar-refractivity contribution in [1.82, 2.24) is 0 Å². The van der Waals surface area contributed by atoms with E-state index in [9.17, 15) is 4.79 Å². The molecule has 0 aromatic carbocycles. The molecule has 0 aromatic rings. The molecule has 3 nitrogen and oxygen atoms in total. The molecule has 3 heteroatoms. The summed E-state index contributed by atoms with van der Waals surface area (Å²) < 4.78 is 9.81. The quantitative estimate of drug-likeness (QED) is 0.354. The van der Waals surface area contributed by atoms with Crippen LogP contribution in [0.4, 0.5) is 0 Å².